The van der Waals surface area contributed by atoms with E-state index in [1.54, 1.807) is 0 Å². The maximum Gasteiger partial charge on any atom is 0.109 e. The predicted octanol–water partition coefficient (Wildman–Crippen LogP) is 3.45. The summed E-state index contributed by atoms with van der Waals surface area (Å²) in [5.41, 5.74) is 0. The summed E-state index contributed by atoms with van der Waals surface area (Å²) in [6.45, 7) is 3.09. The third-order valence-corrected chi connectivity index (χ3v) is 3.86. The lowest BCUT2D eigenvalue weighted by molar-refractivity contribution is 0.102. The van der Waals surface area contributed by atoms with Gasteiger partial charge in [0.05, 0.1) is 6.10 Å². The molecule has 1 rings (SSSR count). The fraction of sp³-hybridized carbons (Fsp3) is 1.00. The third-order valence-electron chi connectivity index (χ3n) is 2.05. The lowest BCUT2D eigenvalue weighted by Crippen LogP contribution is -2.24. The van der Waals surface area contributed by atoms with Crippen LogP contribution >= 0.6 is 31.9 Å². The molecule has 0 spiro atoms. The Hall–Kier alpha value is 0.920. The minimum atomic E-state index is 0.0647. The van der Waals surface area contributed by atoms with Crippen LogP contribution in [-0.4, -0.2) is 15.9 Å². The molecule has 1 aliphatic rings. The number of hydrogen-bond donors (Lipinski definition) is 0. The second-order valence-corrected chi connectivity index (χ2v) is 6.91. The molecule has 0 amide bonds. The van der Waals surface area contributed by atoms with Gasteiger partial charge in [-0.05, 0) is 12.8 Å². The van der Waals surface area contributed by atoms with Crippen molar-refractivity contribution < 1.29 is 4.74 Å². The molecule has 0 aromatic heterocycles. The first-order valence-electron chi connectivity index (χ1n) is 4.16. The highest BCUT2D eigenvalue weighted by atomic mass is 79.9. The second-order valence-electron chi connectivity index (χ2n) is 3.01. The highest BCUT2D eigenvalue weighted by Gasteiger charge is 2.38. The van der Waals surface area contributed by atoms with Crippen molar-refractivity contribution in [3.8, 4) is 0 Å². The van der Waals surface area contributed by atoms with Crippen LogP contribution in [0.3, 0.4) is 0 Å². The Bertz CT molecular complexity index is 125. The molecule has 0 N–H and O–H groups in total. The molecule has 1 heterocycles. The van der Waals surface area contributed by atoms with Gasteiger partial charge in [0.25, 0.3) is 0 Å². The first kappa shape index (κ1) is 10.0. The number of halogens is 2. The zero-order valence-electron chi connectivity index (χ0n) is 6.78. The number of ether oxygens (including phenoxy) is 1. The quantitative estimate of drug-likeness (QED) is 0.722. The van der Waals surface area contributed by atoms with Crippen molar-refractivity contribution >= 4 is 31.9 Å². The number of rotatable bonds is 3. The van der Waals surface area contributed by atoms with Gasteiger partial charge in [-0.3, -0.25) is 0 Å². The summed E-state index contributed by atoms with van der Waals surface area (Å²) in [4.78, 5) is 0. The standard InChI is InChI=1S/C8H14Br2O/c1-2-3-4-7-8(9,10)5-6-11-7/h7H,2-6H2,1H3. The van der Waals surface area contributed by atoms with E-state index in [-0.39, 0.29) is 3.23 Å². The van der Waals surface area contributed by atoms with Crippen LogP contribution in [0.15, 0.2) is 0 Å². The van der Waals surface area contributed by atoms with Gasteiger partial charge in [-0.2, -0.15) is 0 Å². The molecule has 1 atom stereocenters. The van der Waals surface area contributed by atoms with E-state index in [2.05, 4.69) is 38.8 Å². The van der Waals surface area contributed by atoms with E-state index in [0.29, 0.717) is 6.10 Å². The summed E-state index contributed by atoms with van der Waals surface area (Å²) in [7, 11) is 0. The summed E-state index contributed by atoms with van der Waals surface area (Å²) >= 11 is 7.26. The fourth-order valence-electron chi connectivity index (χ4n) is 1.30. The Morgan fingerprint density at radius 3 is 2.73 bits per heavy atom. The van der Waals surface area contributed by atoms with Crippen LogP contribution in [0.1, 0.15) is 32.6 Å². The second kappa shape index (κ2) is 4.24. The van der Waals surface area contributed by atoms with Crippen molar-refractivity contribution in [3.63, 3.8) is 0 Å². The van der Waals surface area contributed by atoms with Crippen molar-refractivity contribution in [2.75, 3.05) is 6.61 Å². The lowest BCUT2D eigenvalue weighted by Gasteiger charge is -2.20. The van der Waals surface area contributed by atoms with Gasteiger partial charge >= 0.3 is 0 Å². The summed E-state index contributed by atoms with van der Waals surface area (Å²) in [6, 6.07) is 0. The molecule has 66 valence electrons. The molecule has 0 aliphatic carbocycles. The van der Waals surface area contributed by atoms with Crippen LogP contribution in [0.2, 0.25) is 0 Å². The molecule has 1 fully saturated rings. The molecule has 0 aromatic carbocycles. The van der Waals surface area contributed by atoms with Crippen molar-refractivity contribution in [2.24, 2.45) is 0 Å². The van der Waals surface area contributed by atoms with Gasteiger partial charge in [-0.1, -0.05) is 51.6 Å². The minimum absolute atomic E-state index is 0.0647. The molecular formula is C8H14Br2O. The highest BCUT2D eigenvalue weighted by Crippen LogP contribution is 2.42. The summed E-state index contributed by atoms with van der Waals surface area (Å²) in [6.07, 6.45) is 5.09. The van der Waals surface area contributed by atoms with E-state index in [9.17, 15) is 0 Å². The molecule has 1 nitrogen and oxygen atoms in total. The monoisotopic (exact) mass is 284 g/mol. The maximum absolute atomic E-state index is 5.58. The van der Waals surface area contributed by atoms with Gasteiger partial charge in [0.15, 0.2) is 0 Å². The lowest BCUT2D eigenvalue weighted by atomic mass is 10.1. The third kappa shape index (κ3) is 2.71. The van der Waals surface area contributed by atoms with E-state index < -0.39 is 0 Å². The summed E-state index contributed by atoms with van der Waals surface area (Å²) in [5, 5.41) is 0. The Labute approximate surface area is 85.1 Å². The van der Waals surface area contributed by atoms with Crippen LogP contribution in [0, 0.1) is 0 Å². The Kier molecular flexibility index (Phi) is 3.86. The van der Waals surface area contributed by atoms with E-state index in [1.165, 1.54) is 12.8 Å². The van der Waals surface area contributed by atoms with Gasteiger partial charge < -0.3 is 4.74 Å². The fourth-order valence-corrected chi connectivity index (χ4v) is 2.35. The van der Waals surface area contributed by atoms with Gasteiger partial charge in [0, 0.05) is 6.61 Å². The molecular weight excluding hydrogens is 272 g/mol. The maximum atomic E-state index is 5.58. The summed E-state index contributed by atoms with van der Waals surface area (Å²) in [5.74, 6) is 0. The van der Waals surface area contributed by atoms with Crippen LogP contribution in [0.4, 0.5) is 0 Å². The zero-order valence-corrected chi connectivity index (χ0v) is 9.95. The average molecular weight is 286 g/mol. The van der Waals surface area contributed by atoms with Crippen molar-refractivity contribution in [3.05, 3.63) is 0 Å². The van der Waals surface area contributed by atoms with Gasteiger partial charge in [-0.15, -0.1) is 0 Å². The van der Waals surface area contributed by atoms with E-state index in [4.69, 9.17) is 4.74 Å². The zero-order chi connectivity index (χ0) is 8.32. The molecule has 11 heavy (non-hydrogen) atoms. The minimum Gasteiger partial charge on any atom is -0.376 e. The molecule has 0 radical (unpaired) electrons. The van der Waals surface area contributed by atoms with Crippen LogP contribution in [0.5, 0.6) is 0 Å². The number of alkyl halides is 2. The van der Waals surface area contributed by atoms with Gasteiger partial charge in [0.1, 0.15) is 3.23 Å². The molecule has 1 saturated heterocycles. The van der Waals surface area contributed by atoms with Gasteiger partial charge in [-0.25, -0.2) is 0 Å². The topological polar surface area (TPSA) is 9.23 Å². The molecule has 1 unspecified atom stereocenters. The molecule has 3 heteroatoms. The number of unbranched alkanes of at least 4 members (excludes halogenated alkanes) is 1. The molecule has 0 saturated carbocycles. The van der Waals surface area contributed by atoms with Gasteiger partial charge in [0.2, 0.25) is 0 Å². The van der Waals surface area contributed by atoms with Crippen molar-refractivity contribution in [2.45, 2.75) is 41.9 Å². The molecule has 1 aliphatic heterocycles. The normalized spacial score (nSPS) is 29.2. The largest absolute Gasteiger partial charge is 0.376 e. The Morgan fingerprint density at radius 2 is 2.27 bits per heavy atom. The van der Waals surface area contributed by atoms with Crippen LogP contribution in [0.25, 0.3) is 0 Å². The first-order chi connectivity index (χ1) is 5.17. The Morgan fingerprint density at radius 1 is 1.55 bits per heavy atom. The average Bonchev–Trinajstić information content (AvgIpc) is 2.25. The highest BCUT2D eigenvalue weighted by molar-refractivity contribution is 9.25. The van der Waals surface area contributed by atoms with Crippen LogP contribution in [-0.2, 0) is 4.74 Å². The van der Waals surface area contributed by atoms with Crippen molar-refractivity contribution in [1.82, 2.24) is 0 Å². The van der Waals surface area contributed by atoms with Crippen molar-refractivity contribution in [1.29, 1.82) is 0 Å². The first-order valence-corrected chi connectivity index (χ1v) is 5.75. The SMILES string of the molecule is CCCCC1OCCC1(Br)Br. The van der Waals surface area contributed by atoms with E-state index >= 15 is 0 Å². The molecule has 0 bridgehead atoms. The molecule has 0 aromatic rings. The van der Waals surface area contributed by atoms with E-state index in [0.717, 1.165) is 19.4 Å². The predicted molar refractivity (Wildman–Crippen MR) is 54.5 cm³/mol. The smallest absolute Gasteiger partial charge is 0.109 e. The number of hydrogen-bond acceptors (Lipinski definition) is 1. The van der Waals surface area contributed by atoms with Crippen LogP contribution < -0.4 is 0 Å². The Balaban J connectivity index is 2.32. The summed E-state index contributed by atoms with van der Waals surface area (Å²) < 4.78 is 5.64. The van der Waals surface area contributed by atoms with E-state index in [1.807, 2.05) is 0 Å².